The summed E-state index contributed by atoms with van der Waals surface area (Å²) in [5, 5.41) is 2.97. The minimum Gasteiger partial charge on any atom is -0.325 e. The minimum atomic E-state index is -0.456. The number of carbonyl (C=O) groups is 1. The van der Waals surface area contributed by atoms with E-state index in [4.69, 9.17) is 0 Å². The fourth-order valence-corrected chi connectivity index (χ4v) is 2.35. The zero-order valence-electron chi connectivity index (χ0n) is 12.6. The van der Waals surface area contributed by atoms with Gasteiger partial charge < -0.3 is 5.32 Å². The van der Waals surface area contributed by atoms with Gasteiger partial charge in [0, 0.05) is 27.2 Å². The Kier molecular flexibility index (Phi) is 3.93. The van der Waals surface area contributed by atoms with Gasteiger partial charge in [0.25, 0.3) is 5.56 Å². The molecule has 0 fully saturated rings. The molecule has 0 saturated carbocycles. The number of aryl methyl sites for hydroxylation is 2. The Bertz CT molecular complexity index is 833. The van der Waals surface area contributed by atoms with Crippen LogP contribution < -0.4 is 16.6 Å². The molecular weight excluding hydrogens is 272 g/mol. The van der Waals surface area contributed by atoms with Crippen LogP contribution >= 0.6 is 0 Å². The predicted octanol–water partition coefficient (Wildman–Crippen LogP) is 0.543. The van der Waals surface area contributed by atoms with Crippen molar-refractivity contribution in [1.82, 2.24) is 14.1 Å². The van der Waals surface area contributed by atoms with Crippen LogP contribution in [-0.4, -0.2) is 20.0 Å². The fraction of sp³-hybridized carbons (Fsp3) is 0.429. The highest BCUT2D eigenvalue weighted by atomic mass is 16.2. The van der Waals surface area contributed by atoms with Crippen LogP contribution in [0.25, 0.3) is 11.0 Å². The topological polar surface area (TPSA) is 86.0 Å². The van der Waals surface area contributed by atoms with E-state index in [2.05, 4.69) is 10.3 Å². The Morgan fingerprint density at radius 3 is 2.52 bits per heavy atom. The summed E-state index contributed by atoms with van der Waals surface area (Å²) in [5.74, 6) is -0.268. The van der Waals surface area contributed by atoms with Gasteiger partial charge in [-0.25, -0.2) is 9.78 Å². The van der Waals surface area contributed by atoms with Crippen molar-refractivity contribution in [1.29, 1.82) is 0 Å². The summed E-state index contributed by atoms with van der Waals surface area (Å²) in [6, 6.07) is 0. The molecule has 2 aromatic heterocycles. The molecule has 2 heterocycles. The number of amides is 1. The second kappa shape index (κ2) is 5.51. The molecule has 1 amide bonds. The Labute approximate surface area is 121 Å². The molecule has 2 rings (SSSR count). The second-order valence-corrected chi connectivity index (χ2v) is 4.99. The number of anilines is 1. The highest BCUT2D eigenvalue weighted by Crippen LogP contribution is 2.23. The average molecular weight is 290 g/mol. The van der Waals surface area contributed by atoms with Crippen molar-refractivity contribution in [3.8, 4) is 0 Å². The summed E-state index contributed by atoms with van der Waals surface area (Å²) in [6.45, 7) is 3.38. The van der Waals surface area contributed by atoms with Gasteiger partial charge in [0.15, 0.2) is 5.65 Å². The van der Waals surface area contributed by atoms with E-state index < -0.39 is 11.2 Å². The van der Waals surface area contributed by atoms with Crippen LogP contribution in [0.15, 0.2) is 15.8 Å². The molecule has 0 saturated heterocycles. The summed E-state index contributed by atoms with van der Waals surface area (Å²) < 4.78 is 2.32. The molecule has 0 unspecified atom stereocenters. The van der Waals surface area contributed by atoms with E-state index in [1.54, 1.807) is 13.2 Å². The largest absolute Gasteiger partial charge is 0.332 e. The highest BCUT2D eigenvalue weighted by Gasteiger charge is 2.17. The number of aromatic nitrogens is 3. The van der Waals surface area contributed by atoms with Crippen molar-refractivity contribution in [2.24, 2.45) is 14.1 Å². The molecular formula is C14H18N4O3. The Morgan fingerprint density at radius 1 is 1.29 bits per heavy atom. The Balaban J connectivity index is 2.98. The van der Waals surface area contributed by atoms with Crippen molar-refractivity contribution < 1.29 is 4.79 Å². The molecule has 0 atom stereocenters. The molecule has 0 spiro atoms. The normalized spacial score (nSPS) is 10.9. The first-order valence-electron chi connectivity index (χ1n) is 6.73. The Hall–Kier alpha value is -2.44. The lowest BCUT2D eigenvalue weighted by Crippen LogP contribution is -2.37. The van der Waals surface area contributed by atoms with Crippen LogP contribution in [0.2, 0.25) is 0 Å². The van der Waals surface area contributed by atoms with E-state index in [-0.39, 0.29) is 16.9 Å². The molecule has 0 radical (unpaired) electrons. The van der Waals surface area contributed by atoms with E-state index in [9.17, 15) is 14.4 Å². The number of carbonyl (C=O) groups excluding carboxylic acids is 1. The second-order valence-electron chi connectivity index (χ2n) is 4.99. The maximum atomic E-state index is 12.4. The van der Waals surface area contributed by atoms with Gasteiger partial charge in [-0.15, -0.1) is 0 Å². The first-order valence-corrected chi connectivity index (χ1v) is 6.73. The van der Waals surface area contributed by atoms with Gasteiger partial charge in [0.2, 0.25) is 5.91 Å². The number of hydrogen-bond donors (Lipinski definition) is 1. The molecule has 21 heavy (non-hydrogen) atoms. The maximum Gasteiger partial charge on any atom is 0.332 e. The monoisotopic (exact) mass is 290 g/mol. The fourth-order valence-electron chi connectivity index (χ4n) is 2.35. The molecule has 0 aliphatic heterocycles. The number of fused-ring (bicyclic) bond motifs is 1. The van der Waals surface area contributed by atoms with Crippen LogP contribution in [-0.2, 0) is 25.3 Å². The van der Waals surface area contributed by atoms with Crippen LogP contribution in [0, 0.1) is 0 Å². The van der Waals surface area contributed by atoms with Gasteiger partial charge in [-0.05, 0) is 12.0 Å². The SMILES string of the molecule is CCCc1cnc2c(c1NC(C)=O)c(=O)n(C)c(=O)n2C. The third-order valence-corrected chi connectivity index (χ3v) is 3.37. The first-order chi connectivity index (χ1) is 9.88. The number of rotatable bonds is 3. The standard InChI is InChI=1S/C14H18N4O3/c1-5-6-9-7-15-12-10(11(9)16-8(2)19)13(20)18(4)14(21)17(12)3/h7H,5-6H2,1-4H3,(H,15,16,19). The smallest absolute Gasteiger partial charge is 0.325 e. The quantitative estimate of drug-likeness (QED) is 0.894. The molecule has 1 N–H and O–H groups in total. The van der Waals surface area contributed by atoms with Crippen molar-refractivity contribution in [2.75, 3.05) is 5.32 Å². The maximum absolute atomic E-state index is 12.4. The van der Waals surface area contributed by atoms with Gasteiger partial charge in [-0.1, -0.05) is 13.3 Å². The molecule has 7 nitrogen and oxygen atoms in total. The van der Waals surface area contributed by atoms with Gasteiger partial charge in [-0.3, -0.25) is 18.7 Å². The van der Waals surface area contributed by atoms with E-state index in [1.807, 2.05) is 6.92 Å². The van der Waals surface area contributed by atoms with E-state index >= 15 is 0 Å². The third-order valence-electron chi connectivity index (χ3n) is 3.37. The van der Waals surface area contributed by atoms with Crippen LogP contribution in [0.1, 0.15) is 25.8 Å². The van der Waals surface area contributed by atoms with E-state index in [0.717, 1.165) is 16.6 Å². The summed E-state index contributed by atoms with van der Waals surface area (Å²) in [5.41, 5.74) is 0.604. The number of nitrogens with zero attached hydrogens (tertiary/aromatic N) is 3. The summed E-state index contributed by atoms with van der Waals surface area (Å²) in [4.78, 5) is 40.0. The molecule has 7 heteroatoms. The predicted molar refractivity (Wildman–Crippen MR) is 80.5 cm³/mol. The lowest BCUT2D eigenvalue weighted by molar-refractivity contribution is -0.114. The highest BCUT2D eigenvalue weighted by molar-refractivity contribution is 6.00. The van der Waals surface area contributed by atoms with Gasteiger partial charge >= 0.3 is 5.69 Å². The third kappa shape index (κ3) is 2.46. The summed E-state index contributed by atoms with van der Waals surface area (Å²) in [6.07, 6.45) is 3.15. The molecule has 0 aliphatic carbocycles. The number of nitrogens with one attached hydrogen (secondary N) is 1. The molecule has 112 valence electrons. The van der Waals surface area contributed by atoms with Crippen molar-refractivity contribution in [3.05, 3.63) is 32.6 Å². The van der Waals surface area contributed by atoms with E-state index in [1.165, 1.54) is 18.5 Å². The number of pyridine rings is 1. The zero-order valence-corrected chi connectivity index (χ0v) is 12.6. The summed E-state index contributed by atoms with van der Waals surface area (Å²) >= 11 is 0. The zero-order chi connectivity index (χ0) is 15.7. The van der Waals surface area contributed by atoms with Crippen molar-refractivity contribution in [3.63, 3.8) is 0 Å². The van der Waals surface area contributed by atoms with Gasteiger partial charge in [-0.2, -0.15) is 0 Å². The number of hydrogen-bond acceptors (Lipinski definition) is 4. The summed E-state index contributed by atoms with van der Waals surface area (Å²) in [7, 11) is 2.96. The van der Waals surface area contributed by atoms with E-state index in [0.29, 0.717) is 12.1 Å². The van der Waals surface area contributed by atoms with Crippen molar-refractivity contribution >= 4 is 22.6 Å². The molecule has 2 aromatic rings. The molecule has 0 aromatic carbocycles. The molecule has 0 bridgehead atoms. The van der Waals surface area contributed by atoms with Gasteiger partial charge in [0.05, 0.1) is 5.69 Å². The lowest BCUT2D eigenvalue weighted by atomic mass is 10.1. The lowest BCUT2D eigenvalue weighted by Gasteiger charge is -2.14. The Morgan fingerprint density at radius 2 is 1.95 bits per heavy atom. The van der Waals surface area contributed by atoms with Crippen LogP contribution in [0.3, 0.4) is 0 Å². The first kappa shape index (κ1) is 15.0. The van der Waals surface area contributed by atoms with Crippen molar-refractivity contribution in [2.45, 2.75) is 26.7 Å². The van der Waals surface area contributed by atoms with Crippen LogP contribution in [0.4, 0.5) is 5.69 Å². The molecule has 0 aliphatic rings. The minimum absolute atomic E-state index is 0.265. The average Bonchev–Trinajstić information content (AvgIpc) is 2.44. The van der Waals surface area contributed by atoms with Crippen LogP contribution in [0.5, 0.6) is 0 Å². The van der Waals surface area contributed by atoms with Gasteiger partial charge in [0.1, 0.15) is 5.39 Å².